The van der Waals surface area contributed by atoms with E-state index in [1.165, 1.54) is 8.87 Å². The molecular weight excluding hydrogens is 434 g/mol. The summed E-state index contributed by atoms with van der Waals surface area (Å²) < 4.78 is 33.7. The highest BCUT2D eigenvalue weighted by Crippen LogP contribution is 2.31. The molecule has 11 heteroatoms. The van der Waals surface area contributed by atoms with Crippen molar-refractivity contribution in [2.75, 3.05) is 17.1 Å². The molecule has 0 amide bonds. The van der Waals surface area contributed by atoms with Crippen molar-refractivity contribution >= 4 is 38.4 Å². The molecule has 0 fully saturated rings. The molecule has 2 aromatic carbocycles. The second-order valence-electron chi connectivity index (χ2n) is 7.64. The van der Waals surface area contributed by atoms with Crippen LogP contribution >= 0.6 is 0 Å². The molecule has 32 heavy (non-hydrogen) atoms. The van der Waals surface area contributed by atoms with E-state index in [2.05, 4.69) is 10.2 Å². The van der Waals surface area contributed by atoms with Crippen LogP contribution in [-0.4, -0.2) is 46.4 Å². The Hall–Kier alpha value is -3.73. The zero-order chi connectivity index (χ0) is 22.6. The summed E-state index contributed by atoms with van der Waals surface area (Å²) in [5.41, 5.74) is 2.12. The van der Waals surface area contributed by atoms with Crippen LogP contribution < -0.4 is 9.86 Å². The van der Waals surface area contributed by atoms with Crippen LogP contribution in [0.15, 0.2) is 47.3 Å². The van der Waals surface area contributed by atoms with Crippen molar-refractivity contribution in [1.29, 1.82) is 0 Å². The molecule has 1 aliphatic heterocycles. The van der Waals surface area contributed by atoms with Gasteiger partial charge in [0.2, 0.25) is 15.8 Å². The molecular formula is C21H19N5O5S. The fourth-order valence-corrected chi connectivity index (χ4v) is 5.00. The van der Waals surface area contributed by atoms with Gasteiger partial charge in [-0.2, -0.15) is 0 Å². The number of hydrogen-bond donors (Lipinski definition) is 0. The standard InChI is InChI=1S/C21H19N5O5S/c1-24-19(27)15-5-3-4-6-17(15)26-18(22-23-21(24)26)12-31-20(28)14-7-8-16-13(11-14)9-10-25(16)32(2,29)30/h3-8,11H,9-10,12H2,1-2H3. The zero-order valence-corrected chi connectivity index (χ0v) is 18.2. The highest BCUT2D eigenvalue weighted by Gasteiger charge is 2.27. The van der Waals surface area contributed by atoms with Gasteiger partial charge in [-0.05, 0) is 42.3 Å². The minimum atomic E-state index is -3.36. The van der Waals surface area contributed by atoms with Gasteiger partial charge in [-0.1, -0.05) is 12.1 Å². The Bertz CT molecular complexity index is 1570. The summed E-state index contributed by atoms with van der Waals surface area (Å²) in [6.07, 6.45) is 1.69. The number of ether oxygens (including phenoxy) is 1. The Kier molecular flexibility index (Phi) is 4.52. The number of nitrogens with zero attached hydrogens (tertiary/aromatic N) is 5. The minimum absolute atomic E-state index is 0.144. The van der Waals surface area contributed by atoms with Gasteiger partial charge in [0.1, 0.15) is 0 Å². The first-order valence-corrected chi connectivity index (χ1v) is 11.7. The van der Waals surface area contributed by atoms with Crippen LogP contribution in [-0.2, 0) is 34.8 Å². The molecule has 0 saturated heterocycles. The second-order valence-corrected chi connectivity index (χ2v) is 9.54. The van der Waals surface area contributed by atoms with E-state index < -0.39 is 16.0 Å². The van der Waals surface area contributed by atoms with Crippen LogP contribution in [0.1, 0.15) is 21.7 Å². The molecule has 0 aliphatic carbocycles. The minimum Gasteiger partial charge on any atom is -0.454 e. The number of sulfonamides is 1. The topological polar surface area (TPSA) is 116 Å². The van der Waals surface area contributed by atoms with Gasteiger partial charge in [-0.3, -0.25) is 18.1 Å². The van der Waals surface area contributed by atoms with E-state index in [4.69, 9.17) is 4.74 Å². The number of benzene rings is 2. The van der Waals surface area contributed by atoms with E-state index in [1.54, 1.807) is 53.9 Å². The predicted molar refractivity (Wildman–Crippen MR) is 117 cm³/mol. The molecule has 0 radical (unpaired) electrons. The van der Waals surface area contributed by atoms with E-state index in [-0.39, 0.29) is 12.2 Å². The van der Waals surface area contributed by atoms with Gasteiger partial charge in [-0.25, -0.2) is 13.2 Å². The first kappa shape index (κ1) is 20.2. The first-order valence-electron chi connectivity index (χ1n) is 9.85. The van der Waals surface area contributed by atoms with Crippen LogP contribution in [0.2, 0.25) is 0 Å². The maximum absolute atomic E-state index is 12.7. The maximum Gasteiger partial charge on any atom is 0.338 e. The molecule has 0 atom stereocenters. The maximum atomic E-state index is 12.7. The van der Waals surface area contributed by atoms with Crippen LogP contribution in [0.5, 0.6) is 0 Å². The van der Waals surface area contributed by atoms with Crippen molar-refractivity contribution in [2.45, 2.75) is 13.0 Å². The third-order valence-corrected chi connectivity index (χ3v) is 6.77. The number of hydrogen-bond acceptors (Lipinski definition) is 7. The van der Waals surface area contributed by atoms with E-state index >= 15 is 0 Å². The van der Waals surface area contributed by atoms with Crippen molar-refractivity contribution in [3.63, 3.8) is 0 Å². The fourth-order valence-electron chi connectivity index (χ4n) is 4.04. The Labute approximate surface area is 182 Å². The van der Waals surface area contributed by atoms with Crippen LogP contribution in [0.4, 0.5) is 5.69 Å². The molecule has 10 nitrogen and oxygen atoms in total. The summed E-state index contributed by atoms with van der Waals surface area (Å²) in [6.45, 7) is 0.207. The fraction of sp³-hybridized carbons (Fsp3) is 0.238. The average molecular weight is 453 g/mol. The average Bonchev–Trinajstić information content (AvgIpc) is 3.39. The lowest BCUT2D eigenvalue weighted by Gasteiger charge is -2.16. The van der Waals surface area contributed by atoms with Crippen molar-refractivity contribution in [3.8, 4) is 0 Å². The van der Waals surface area contributed by atoms with E-state index in [0.29, 0.717) is 46.7 Å². The third kappa shape index (κ3) is 3.12. The van der Waals surface area contributed by atoms with E-state index in [1.807, 2.05) is 0 Å². The predicted octanol–water partition coefficient (Wildman–Crippen LogP) is 1.26. The van der Waals surface area contributed by atoms with Gasteiger partial charge in [0.05, 0.1) is 28.4 Å². The van der Waals surface area contributed by atoms with Crippen molar-refractivity contribution in [1.82, 2.24) is 19.2 Å². The summed E-state index contributed by atoms with van der Waals surface area (Å²) in [6, 6.07) is 11.9. The number of anilines is 1. The molecule has 4 aromatic rings. The first-order chi connectivity index (χ1) is 15.3. The Morgan fingerprint density at radius 2 is 1.94 bits per heavy atom. The van der Waals surface area contributed by atoms with Gasteiger partial charge in [0.15, 0.2) is 12.4 Å². The molecule has 0 N–H and O–H groups in total. The van der Waals surface area contributed by atoms with Gasteiger partial charge in [0.25, 0.3) is 5.56 Å². The Balaban J connectivity index is 1.44. The van der Waals surface area contributed by atoms with E-state index in [0.717, 1.165) is 11.8 Å². The highest BCUT2D eigenvalue weighted by molar-refractivity contribution is 7.92. The van der Waals surface area contributed by atoms with Gasteiger partial charge >= 0.3 is 5.97 Å². The summed E-state index contributed by atoms with van der Waals surface area (Å²) in [5.74, 6) is 0.166. The number of rotatable bonds is 4. The Morgan fingerprint density at radius 3 is 2.72 bits per heavy atom. The number of aryl methyl sites for hydroxylation is 1. The summed E-state index contributed by atoms with van der Waals surface area (Å²) in [4.78, 5) is 25.2. The van der Waals surface area contributed by atoms with Crippen molar-refractivity contribution in [3.05, 3.63) is 69.8 Å². The molecule has 164 valence electrons. The van der Waals surface area contributed by atoms with Gasteiger partial charge in [0, 0.05) is 13.6 Å². The SMILES string of the molecule is Cn1c(=O)c2ccccc2n2c(COC(=O)c3ccc4c(c3)CCN4S(C)(=O)=O)nnc12. The monoisotopic (exact) mass is 453 g/mol. The van der Waals surface area contributed by atoms with Crippen LogP contribution in [0.25, 0.3) is 16.7 Å². The van der Waals surface area contributed by atoms with Crippen molar-refractivity contribution in [2.24, 2.45) is 7.05 Å². The molecule has 1 aliphatic rings. The van der Waals surface area contributed by atoms with Crippen LogP contribution in [0, 0.1) is 0 Å². The number of para-hydroxylation sites is 1. The lowest BCUT2D eigenvalue weighted by molar-refractivity contribution is 0.0461. The number of aromatic nitrogens is 4. The molecule has 0 saturated carbocycles. The number of carbonyl (C=O) groups excluding carboxylic acids is 1. The smallest absolute Gasteiger partial charge is 0.338 e. The largest absolute Gasteiger partial charge is 0.454 e. The molecule has 0 unspecified atom stereocenters. The molecule has 0 spiro atoms. The number of carbonyl (C=O) groups is 1. The second kappa shape index (κ2) is 7.16. The highest BCUT2D eigenvalue weighted by atomic mass is 32.2. The summed E-state index contributed by atoms with van der Waals surface area (Å²) in [5, 5.41) is 8.69. The van der Waals surface area contributed by atoms with Gasteiger partial charge < -0.3 is 4.74 Å². The molecule has 5 rings (SSSR count). The quantitative estimate of drug-likeness (QED) is 0.427. The summed E-state index contributed by atoms with van der Waals surface area (Å²) >= 11 is 0. The third-order valence-electron chi connectivity index (χ3n) is 5.59. The molecule has 3 heterocycles. The summed E-state index contributed by atoms with van der Waals surface area (Å²) in [7, 11) is -1.75. The molecule has 2 aromatic heterocycles. The van der Waals surface area contributed by atoms with Crippen LogP contribution in [0.3, 0.4) is 0 Å². The van der Waals surface area contributed by atoms with Crippen molar-refractivity contribution < 1.29 is 17.9 Å². The normalized spacial score (nSPS) is 13.6. The lowest BCUT2D eigenvalue weighted by atomic mass is 10.1. The van der Waals surface area contributed by atoms with E-state index in [9.17, 15) is 18.0 Å². The van der Waals surface area contributed by atoms with Gasteiger partial charge in [-0.15, -0.1) is 10.2 Å². The lowest BCUT2D eigenvalue weighted by Crippen LogP contribution is -2.27. The number of fused-ring (bicyclic) bond motifs is 4. The molecule has 0 bridgehead atoms. The Morgan fingerprint density at radius 1 is 1.16 bits per heavy atom. The zero-order valence-electron chi connectivity index (χ0n) is 17.3. The number of esters is 1.